The zero-order valence-corrected chi connectivity index (χ0v) is 14.2. The van der Waals surface area contributed by atoms with E-state index in [0.29, 0.717) is 16.4 Å². The van der Waals surface area contributed by atoms with Crippen LogP contribution < -0.4 is 5.32 Å². The Kier molecular flexibility index (Phi) is 4.62. The molecule has 3 rings (SSSR count). The molecule has 0 saturated carbocycles. The Labute approximate surface area is 145 Å². The van der Waals surface area contributed by atoms with Crippen LogP contribution in [0.1, 0.15) is 35.9 Å². The maximum absolute atomic E-state index is 12.7. The molecule has 0 aliphatic carbocycles. The summed E-state index contributed by atoms with van der Waals surface area (Å²) in [6.45, 7) is 4.01. The average molecular weight is 341 g/mol. The van der Waals surface area contributed by atoms with Crippen molar-refractivity contribution < 1.29 is 4.79 Å². The van der Waals surface area contributed by atoms with E-state index in [0.717, 1.165) is 11.4 Å². The summed E-state index contributed by atoms with van der Waals surface area (Å²) >= 11 is 6.10. The second kappa shape index (κ2) is 6.84. The Balaban J connectivity index is 1.98. The molecule has 2 aromatic carbocycles. The van der Waals surface area contributed by atoms with E-state index in [1.54, 1.807) is 16.8 Å². The predicted octanol–water partition coefficient (Wildman–Crippen LogP) is 4.30. The molecule has 0 unspecified atom stereocenters. The fourth-order valence-corrected chi connectivity index (χ4v) is 2.66. The number of carbonyl (C=O) groups is 1. The van der Waals surface area contributed by atoms with Crippen LogP contribution in [0.4, 0.5) is 5.69 Å². The van der Waals surface area contributed by atoms with E-state index in [2.05, 4.69) is 15.6 Å². The second-order valence-corrected chi connectivity index (χ2v) is 6.07. The molecule has 0 atom stereocenters. The fourth-order valence-electron chi connectivity index (χ4n) is 2.47. The number of amides is 1. The smallest absolute Gasteiger partial charge is 0.278 e. The van der Waals surface area contributed by atoms with Crippen molar-refractivity contribution in [3.05, 3.63) is 71.0 Å². The van der Waals surface area contributed by atoms with Gasteiger partial charge < -0.3 is 5.32 Å². The van der Waals surface area contributed by atoms with Crippen LogP contribution in [0.25, 0.3) is 5.69 Å². The van der Waals surface area contributed by atoms with E-state index in [1.807, 2.05) is 56.3 Å². The minimum atomic E-state index is -0.325. The van der Waals surface area contributed by atoms with Gasteiger partial charge in [0.25, 0.3) is 5.91 Å². The zero-order valence-electron chi connectivity index (χ0n) is 13.4. The molecule has 0 radical (unpaired) electrons. The highest BCUT2D eigenvalue weighted by Gasteiger charge is 2.23. The summed E-state index contributed by atoms with van der Waals surface area (Å²) in [7, 11) is 0. The van der Waals surface area contributed by atoms with Crippen LogP contribution in [0.15, 0.2) is 54.6 Å². The van der Waals surface area contributed by atoms with Crippen molar-refractivity contribution in [1.82, 2.24) is 15.0 Å². The van der Waals surface area contributed by atoms with E-state index >= 15 is 0 Å². The molecular formula is C18H17ClN4O. The van der Waals surface area contributed by atoms with E-state index in [1.165, 1.54) is 0 Å². The Hall–Kier alpha value is -2.66. The molecule has 3 aromatic rings. The van der Waals surface area contributed by atoms with Gasteiger partial charge in [0.15, 0.2) is 5.69 Å². The van der Waals surface area contributed by atoms with Gasteiger partial charge in [0.1, 0.15) is 0 Å². The lowest BCUT2D eigenvalue weighted by molar-refractivity contribution is 0.102. The first-order chi connectivity index (χ1) is 11.6. The van der Waals surface area contributed by atoms with Gasteiger partial charge in [-0.25, -0.2) is 4.68 Å². The lowest BCUT2D eigenvalue weighted by atomic mass is 10.1. The van der Waals surface area contributed by atoms with Crippen molar-refractivity contribution in [2.75, 3.05) is 5.32 Å². The van der Waals surface area contributed by atoms with Gasteiger partial charge in [0.2, 0.25) is 0 Å². The minimum absolute atomic E-state index is 0.0761. The van der Waals surface area contributed by atoms with Crippen molar-refractivity contribution in [1.29, 1.82) is 0 Å². The number of rotatable bonds is 4. The quantitative estimate of drug-likeness (QED) is 0.770. The molecule has 1 amide bonds. The van der Waals surface area contributed by atoms with Gasteiger partial charge in [-0.1, -0.05) is 61.0 Å². The van der Waals surface area contributed by atoms with Gasteiger partial charge in [-0.2, -0.15) is 0 Å². The van der Waals surface area contributed by atoms with Gasteiger partial charge in [-0.05, 0) is 30.2 Å². The molecule has 6 heteroatoms. The Morgan fingerprint density at radius 3 is 2.42 bits per heavy atom. The number of nitrogens with zero attached hydrogens (tertiary/aromatic N) is 3. The molecule has 0 fully saturated rings. The lowest BCUT2D eigenvalue weighted by Gasteiger charge is -2.11. The Morgan fingerprint density at radius 2 is 1.75 bits per heavy atom. The van der Waals surface area contributed by atoms with Crippen LogP contribution in [0.2, 0.25) is 5.02 Å². The van der Waals surface area contributed by atoms with Gasteiger partial charge in [0, 0.05) is 0 Å². The fraction of sp³-hybridized carbons (Fsp3) is 0.167. The third kappa shape index (κ3) is 3.16. The summed E-state index contributed by atoms with van der Waals surface area (Å²) in [5.74, 6) is -0.249. The van der Waals surface area contributed by atoms with Crippen LogP contribution in [0.3, 0.4) is 0 Å². The minimum Gasteiger partial charge on any atom is -0.319 e. The average Bonchev–Trinajstić information content (AvgIpc) is 3.03. The molecule has 1 aromatic heterocycles. The summed E-state index contributed by atoms with van der Waals surface area (Å²) in [5.41, 5.74) is 2.47. The van der Waals surface area contributed by atoms with Crippen molar-refractivity contribution in [2.24, 2.45) is 0 Å². The van der Waals surface area contributed by atoms with Crippen molar-refractivity contribution in [3.8, 4) is 5.69 Å². The maximum Gasteiger partial charge on any atom is 0.278 e. The first kappa shape index (κ1) is 16.2. The summed E-state index contributed by atoms with van der Waals surface area (Å²) in [5, 5.41) is 11.5. The molecule has 0 spiro atoms. The van der Waals surface area contributed by atoms with Gasteiger partial charge >= 0.3 is 0 Å². The van der Waals surface area contributed by atoms with Crippen LogP contribution in [-0.2, 0) is 0 Å². The standard InChI is InChI=1S/C18H17ClN4O/c1-12(2)17-16(18(24)20-15-11-7-6-10-14(15)19)21-22-23(17)13-8-4-3-5-9-13/h3-12H,1-2H3,(H,20,24). The van der Waals surface area contributed by atoms with E-state index in [-0.39, 0.29) is 11.8 Å². The largest absolute Gasteiger partial charge is 0.319 e. The molecule has 24 heavy (non-hydrogen) atoms. The summed E-state index contributed by atoms with van der Waals surface area (Å²) in [6, 6.07) is 16.7. The summed E-state index contributed by atoms with van der Waals surface area (Å²) in [6.07, 6.45) is 0. The number of aromatic nitrogens is 3. The lowest BCUT2D eigenvalue weighted by Crippen LogP contribution is -2.16. The number of para-hydroxylation sites is 2. The van der Waals surface area contributed by atoms with Gasteiger partial charge in [-0.15, -0.1) is 5.10 Å². The van der Waals surface area contributed by atoms with E-state index in [9.17, 15) is 4.79 Å². The van der Waals surface area contributed by atoms with Crippen LogP contribution in [-0.4, -0.2) is 20.9 Å². The summed E-state index contributed by atoms with van der Waals surface area (Å²) in [4.78, 5) is 12.7. The van der Waals surface area contributed by atoms with E-state index < -0.39 is 0 Å². The normalized spacial score (nSPS) is 10.8. The number of benzene rings is 2. The third-order valence-electron chi connectivity index (χ3n) is 3.59. The highest BCUT2D eigenvalue weighted by molar-refractivity contribution is 6.33. The first-order valence-electron chi connectivity index (χ1n) is 7.65. The van der Waals surface area contributed by atoms with Gasteiger partial charge in [-0.3, -0.25) is 4.79 Å². The highest BCUT2D eigenvalue weighted by Crippen LogP contribution is 2.24. The number of hydrogen-bond donors (Lipinski definition) is 1. The monoisotopic (exact) mass is 340 g/mol. The molecule has 5 nitrogen and oxygen atoms in total. The molecule has 1 heterocycles. The number of hydrogen-bond acceptors (Lipinski definition) is 3. The zero-order chi connectivity index (χ0) is 17.1. The van der Waals surface area contributed by atoms with E-state index in [4.69, 9.17) is 11.6 Å². The first-order valence-corrected chi connectivity index (χ1v) is 8.02. The van der Waals surface area contributed by atoms with Crippen molar-refractivity contribution in [3.63, 3.8) is 0 Å². The van der Waals surface area contributed by atoms with Crippen LogP contribution in [0.5, 0.6) is 0 Å². The number of nitrogens with one attached hydrogen (secondary N) is 1. The highest BCUT2D eigenvalue weighted by atomic mass is 35.5. The van der Waals surface area contributed by atoms with Crippen LogP contribution in [0, 0.1) is 0 Å². The summed E-state index contributed by atoms with van der Waals surface area (Å²) < 4.78 is 1.70. The van der Waals surface area contributed by atoms with Crippen molar-refractivity contribution in [2.45, 2.75) is 19.8 Å². The molecule has 0 aliphatic heterocycles. The topological polar surface area (TPSA) is 59.8 Å². The van der Waals surface area contributed by atoms with Crippen LogP contribution >= 0.6 is 11.6 Å². The molecule has 0 bridgehead atoms. The Bertz CT molecular complexity index is 858. The molecule has 122 valence electrons. The number of carbonyl (C=O) groups excluding carboxylic acids is 1. The second-order valence-electron chi connectivity index (χ2n) is 5.66. The Morgan fingerprint density at radius 1 is 1.08 bits per heavy atom. The molecule has 1 N–H and O–H groups in total. The molecule has 0 aliphatic rings. The number of anilines is 1. The molecular weight excluding hydrogens is 324 g/mol. The number of halogens is 1. The predicted molar refractivity (Wildman–Crippen MR) is 94.9 cm³/mol. The maximum atomic E-state index is 12.7. The third-order valence-corrected chi connectivity index (χ3v) is 3.92. The SMILES string of the molecule is CC(C)c1c(C(=O)Nc2ccccc2Cl)nnn1-c1ccccc1. The molecule has 0 saturated heterocycles. The van der Waals surface area contributed by atoms with Crippen molar-refractivity contribution >= 4 is 23.2 Å². The van der Waals surface area contributed by atoms with Gasteiger partial charge in [0.05, 0.1) is 22.1 Å².